The number of benzene rings is 1. The maximum atomic E-state index is 5.83. The maximum absolute atomic E-state index is 5.83. The second-order valence-electron chi connectivity index (χ2n) is 5.58. The number of rotatable bonds is 3. The minimum atomic E-state index is -0.0295. The number of nitrogens with zero attached hydrogens (tertiary/aromatic N) is 1. The van der Waals surface area contributed by atoms with Crippen molar-refractivity contribution >= 4 is 16.6 Å². The first kappa shape index (κ1) is 12.4. The first-order valence-corrected chi connectivity index (χ1v) is 6.91. The molecule has 100 valence electrons. The van der Waals surface area contributed by atoms with Crippen LogP contribution in [0.2, 0.25) is 0 Å². The number of anilines is 1. The third-order valence-corrected chi connectivity index (χ3v) is 3.80. The Morgan fingerprint density at radius 1 is 1.37 bits per heavy atom. The van der Waals surface area contributed by atoms with Gasteiger partial charge in [-0.2, -0.15) is 0 Å². The summed E-state index contributed by atoms with van der Waals surface area (Å²) in [5.74, 6) is 0. The van der Waals surface area contributed by atoms with Crippen LogP contribution in [0.1, 0.15) is 25.5 Å². The molecule has 0 bridgehead atoms. The Hall–Kier alpha value is -1.61. The molecule has 1 N–H and O–H groups in total. The average Bonchev–Trinajstić information content (AvgIpc) is 2.83. The van der Waals surface area contributed by atoms with Crippen LogP contribution in [-0.2, 0) is 4.74 Å². The smallest absolute Gasteiger partial charge is 0.0826 e. The molecule has 1 aliphatic rings. The molecular formula is C16H20N2O. The molecule has 0 saturated carbocycles. The summed E-state index contributed by atoms with van der Waals surface area (Å²) in [6, 6.07) is 10.4. The zero-order valence-electron chi connectivity index (χ0n) is 11.6. The van der Waals surface area contributed by atoms with Crippen molar-refractivity contribution in [3.63, 3.8) is 0 Å². The molecule has 0 radical (unpaired) electrons. The van der Waals surface area contributed by atoms with Gasteiger partial charge >= 0.3 is 0 Å². The second kappa shape index (κ2) is 4.82. The summed E-state index contributed by atoms with van der Waals surface area (Å²) in [7, 11) is 0. The van der Waals surface area contributed by atoms with Crippen molar-refractivity contribution in [2.45, 2.75) is 32.3 Å². The van der Waals surface area contributed by atoms with Gasteiger partial charge in [-0.15, -0.1) is 0 Å². The van der Waals surface area contributed by atoms with E-state index in [0.717, 1.165) is 42.9 Å². The lowest BCUT2D eigenvalue weighted by Gasteiger charge is -2.24. The monoisotopic (exact) mass is 256 g/mol. The van der Waals surface area contributed by atoms with Crippen LogP contribution < -0.4 is 5.32 Å². The Bertz CT molecular complexity index is 588. The Balaban J connectivity index is 1.87. The van der Waals surface area contributed by atoms with Gasteiger partial charge in [0.1, 0.15) is 0 Å². The minimum absolute atomic E-state index is 0.0295. The first-order chi connectivity index (χ1) is 9.16. The first-order valence-electron chi connectivity index (χ1n) is 6.91. The van der Waals surface area contributed by atoms with Crippen LogP contribution in [0.4, 0.5) is 5.69 Å². The number of para-hydroxylation sites is 1. The Kier molecular flexibility index (Phi) is 3.15. The van der Waals surface area contributed by atoms with Crippen molar-refractivity contribution in [2.24, 2.45) is 0 Å². The van der Waals surface area contributed by atoms with E-state index in [1.54, 1.807) is 0 Å². The number of hydrogen-bond donors (Lipinski definition) is 1. The van der Waals surface area contributed by atoms with E-state index >= 15 is 0 Å². The minimum Gasteiger partial charge on any atom is -0.382 e. The fraction of sp³-hybridized carbons (Fsp3) is 0.438. The van der Waals surface area contributed by atoms with Gasteiger partial charge in [0.25, 0.3) is 0 Å². The molecule has 0 amide bonds. The van der Waals surface area contributed by atoms with Crippen LogP contribution in [0, 0.1) is 6.92 Å². The fourth-order valence-electron chi connectivity index (χ4n) is 2.71. The molecule has 2 aromatic rings. The summed E-state index contributed by atoms with van der Waals surface area (Å²) in [6.45, 7) is 5.95. The van der Waals surface area contributed by atoms with E-state index in [1.165, 1.54) is 5.39 Å². The van der Waals surface area contributed by atoms with E-state index in [-0.39, 0.29) is 5.60 Å². The standard InChI is InChI=1S/C16H20N2O/c1-12-10-15(13-6-3-4-7-14(13)18-12)17-11-16(2)8-5-9-19-16/h3-4,6-7,10H,5,8-9,11H2,1-2H3,(H,17,18). The van der Waals surface area contributed by atoms with Crippen molar-refractivity contribution in [1.82, 2.24) is 4.98 Å². The third kappa shape index (κ3) is 2.56. The Labute approximate surface area is 114 Å². The predicted molar refractivity (Wildman–Crippen MR) is 78.6 cm³/mol. The van der Waals surface area contributed by atoms with Crippen molar-refractivity contribution in [1.29, 1.82) is 0 Å². The highest BCUT2D eigenvalue weighted by atomic mass is 16.5. The zero-order chi connectivity index (χ0) is 13.3. The summed E-state index contributed by atoms with van der Waals surface area (Å²) in [4.78, 5) is 4.56. The molecule has 2 heterocycles. The van der Waals surface area contributed by atoms with Gasteiger partial charge in [0.05, 0.1) is 11.1 Å². The van der Waals surface area contributed by atoms with Crippen LogP contribution in [-0.4, -0.2) is 23.7 Å². The highest BCUT2D eigenvalue weighted by Gasteiger charge is 2.29. The quantitative estimate of drug-likeness (QED) is 0.912. The average molecular weight is 256 g/mol. The van der Waals surface area contributed by atoms with Crippen molar-refractivity contribution in [3.05, 3.63) is 36.0 Å². The molecule has 0 aliphatic carbocycles. The van der Waals surface area contributed by atoms with Crippen LogP contribution >= 0.6 is 0 Å². The largest absolute Gasteiger partial charge is 0.382 e. The molecule has 19 heavy (non-hydrogen) atoms. The van der Waals surface area contributed by atoms with Crippen LogP contribution in [0.15, 0.2) is 30.3 Å². The lowest BCUT2D eigenvalue weighted by molar-refractivity contribution is 0.0315. The molecular weight excluding hydrogens is 236 g/mol. The third-order valence-electron chi connectivity index (χ3n) is 3.80. The van der Waals surface area contributed by atoms with E-state index in [0.29, 0.717) is 0 Å². The fourth-order valence-corrected chi connectivity index (χ4v) is 2.71. The van der Waals surface area contributed by atoms with Crippen LogP contribution in [0.3, 0.4) is 0 Å². The van der Waals surface area contributed by atoms with Gasteiger partial charge in [-0.3, -0.25) is 4.98 Å². The highest BCUT2D eigenvalue weighted by molar-refractivity contribution is 5.91. The predicted octanol–water partition coefficient (Wildman–Crippen LogP) is 3.52. The van der Waals surface area contributed by atoms with Gasteiger partial charge in [-0.05, 0) is 38.8 Å². The molecule has 1 atom stereocenters. The molecule has 0 spiro atoms. The molecule has 1 unspecified atom stereocenters. The summed E-state index contributed by atoms with van der Waals surface area (Å²) in [6.07, 6.45) is 2.29. The summed E-state index contributed by atoms with van der Waals surface area (Å²) >= 11 is 0. The lowest BCUT2D eigenvalue weighted by Crippen LogP contribution is -2.32. The van der Waals surface area contributed by atoms with Gasteiger partial charge < -0.3 is 10.1 Å². The van der Waals surface area contributed by atoms with Crippen molar-refractivity contribution < 1.29 is 4.74 Å². The normalized spacial score (nSPS) is 22.8. The highest BCUT2D eigenvalue weighted by Crippen LogP contribution is 2.28. The summed E-state index contributed by atoms with van der Waals surface area (Å²) in [5.41, 5.74) is 3.21. The zero-order valence-corrected chi connectivity index (χ0v) is 11.6. The van der Waals surface area contributed by atoms with Crippen LogP contribution in [0.5, 0.6) is 0 Å². The van der Waals surface area contributed by atoms with E-state index < -0.39 is 0 Å². The summed E-state index contributed by atoms with van der Waals surface area (Å²) in [5, 5.41) is 4.72. The molecule has 3 nitrogen and oxygen atoms in total. The molecule has 1 saturated heterocycles. The van der Waals surface area contributed by atoms with Crippen LogP contribution in [0.25, 0.3) is 10.9 Å². The molecule has 3 rings (SSSR count). The number of aromatic nitrogens is 1. The van der Waals surface area contributed by atoms with E-state index in [9.17, 15) is 0 Å². The van der Waals surface area contributed by atoms with E-state index in [4.69, 9.17) is 4.74 Å². The van der Waals surface area contributed by atoms with Crippen molar-refractivity contribution in [3.8, 4) is 0 Å². The van der Waals surface area contributed by atoms with Crippen molar-refractivity contribution in [2.75, 3.05) is 18.5 Å². The Morgan fingerprint density at radius 3 is 3.00 bits per heavy atom. The summed E-state index contributed by atoms with van der Waals surface area (Å²) < 4.78 is 5.83. The molecule has 1 fully saturated rings. The van der Waals surface area contributed by atoms with Gasteiger partial charge in [-0.25, -0.2) is 0 Å². The number of nitrogens with one attached hydrogen (secondary N) is 1. The number of fused-ring (bicyclic) bond motifs is 1. The molecule has 3 heteroatoms. The van der Waals surface area contributed by atoms with Gasteiger partial charge in [0.15, 0.2) is 0 Å². The Morgan fingerprint density at radius 2 is 2.21 bits per heavy atom. The number of hydrogen-bond acceptors (Lipinski definition) is 3. The SMILES string of the molecule is Cc1cc(NCC2(C)CCCO2)c2ccccc2n1. The van der Waals surface area contributed by atoms with Gasteiger partial charge in [0.2, 0.25) is 0 Å². The lowest BCUT2D eigenvalue weighted by atomic mass is 10.0. The van der Waals surface area contributed by atoms with E-state index in [2.05, 4.69) is 41.5 Å². The number of ether oxygens (including phenoxy) is 1. The van der Waals surface area contributed by atoms with Gasteiger partial charge in [-0.1, -0.05) is 18.2 Å². The molecule has 1 aromatic heterocycles. The number of pyridine rings is 1. The maximum Gasteiger partial charge on any atom is 0.0826 e. The van der Waals surface area contributed by atoms with Gasteiger partial charge in [0, 0.05) is 29.9 Å². The van der Waals surface area contributed by atoms with E-state index in [1.807, 2.05) is 13.0 Å². The molecule has 1 aromatic carbocycles. The second-order valence-corrected chi connectivity index (χ2v) is 5.58. The molecule has 1 aliphatic heterocycles. The topological polar surface area (TPSA) is 34.1 Å². The number of aryl methyl sites for hydroxylation is 1.